The number of carbonyl (C=O) groups excluding carboxylic acids is 2. The first-order valence-corrected chi connectivity index (χ1v) is 13.0. The second-order valence-corrected chi connectivity index (χ2v) is 10.0. The predicted octanol–water partition coefficient (Wildman–Crippen LogP) is 0.0209. The number of benzene rings is 2. The highest BCUT2D eigenvalue weighted by molar-refractivity contribution is 8.00. The first-order chi connectivity index (χ1) is 18.0. The fourth-order valence-electron chi connectivity index (χ4n) is 4.46. The van der Waals surface area contributed by atoms with E-state index >= 15 is 0 Å². The number of rotatable bonds is 8. The number of nitrogens with one attached hydrogen (secondary N) is 1. The molecule has 0 aliphatic carbocycles. The molecule has 194 valence electrons. The summed E-state index contributed by atoms with van der Waals surface area (Å²) in [4.78, 5) is 38.8. The van der Waals surface area contributed by atoms with Gasteiger partial charge in [-0.2, -0.15) is 0 Å². The summed E-state index contributed by atoms with van der Waals surface area (Å²) in [5.74, 6) is -1.38. The number of halogens is 1. The molecule has 2 aliphatic rings. The quantitative estimate of drug-likeness (QED) is 0.285. The lowest BCUT2D eigenvalue weighted by Gasteiger charge is -2.49. The zero-order valence-corrected chi connectivity index (χ0v) is 22.8. The molecule has 38 heavy (non-hydrogen) atoms. The van der Waals surface area contributed by atoms with E-state index in [4.69, 9.17) is 0 Å². The monoisotopic (exact) mass is 591 g/mol. The number of carboxylic acids is 1. The molecular weight excluding hydrogens is 566 g/mol. The minimum atomic E-state index is -1.15. The van der Waals surface area contributed by atoms with Gasteiger partial charge in [0.1, 0.15) is 17.1 Å². The van der Waals surface area contributed by atoms with Gasteiger partial charge < -0.3 is 27.4 Å². The van der Waals surface area contributed by atoms with Crippen LogP contribution in [0.15, 0.2) is 103 Å². The van der Waals surface area contributed by atoms with E-state index in [0.29, 0.717) is 11.3 Å². The lowest BCUT2D eigenvalue weighted by molar-refractivity contribution is -0.688. The van der Waals surface area contributed by atoms with Crippen molar-refractivity contribution >= 4 is 35.6 Å². The number of nitrogens with zero attached hydrogens (tertiary/aromatic N) is 2. The molecule has 3 heterocycles. The second kappa shape index (κ2) is 12.2. The molecule has 1 aromatic heterocycles. The van der Waals surface area contributed by atoms with Crippen molar-refractivity contribution in [3.8, 4) is 0 Å². The van der Waals surface area contributed by atoms with E-state index in [0.717, 1.165) is 23.2 Å². The van der Waals surface area contributed by atoms with Crippen molar-refractivity contribution in [1.82, 2.24) is 10.2 Å². The van der Waals surface area contributed by atoms with Crippen LogP contribution in [0.2, 0.25) is 0 Å². The molecule has 0 bridgehead atoms. The zero-order valence-electron chi connectivity index (χ0n) is 20.4. The van der Waals surface area contributed by atoms with Gasteiger partial charge in [0.25, 0.3) is 5.91 Å². The number of aromatic nitrogens is 1. The molecular formula is C29H26BrN3O4S. The first kappa shape index (κ1) is 27.3. The molecule has 1 fully saturated rings. The normalized spacial score (nSPS) is 18.4. The number of pyridine rings is 1. The van der Waals surface area contributed by atoms with Crippen LogP contribution in [-0.4, -0.2) is 45.0 Å². The maximum Gasteiger partial charge on any atom is 0.352 e. The summed E-state index contributed by atoms with van der Waals surface area (Å²) < 4.78 is 2.09. The van der Waals surface area contributed by atoms with Crippen molar-refractivity contribution in [2.75, 3.05) is 5.75 Å². The number of β-lactam (4-membered cyclic amide) rings is 1. The van der Waals surface area contributed by atoms with E-state index in [9.17, 15) is 19.5 Å². The Morgan fingerprint density at radius 1 is 0.974 bits per heavy atom. The van der Waals surface area contributed by atoms with E-state index < -0.39 is 23.3 Å². The van der Waals surface area contributed by atoms with Crippen LogP contribution in [0.4, 0.5) is 0 Å². The van der Waals surface area contributed by atoms with E-state index in [2.05, 4.69) is 9.88 Å². The van der Waals surface area contributed by atoms with Crippen LogP contribution in [0.3, 0.4) is 0 Å². The van der Waals surface area contributed by atoms with Crippen LogP contribution in [0.5, 0.6) is 0 Å². The van der Waals surface area contributed by atoms with Crippen molar-refractivity contribution in [3.63, 3.8) is 0 Å². The van der Waals surface area contributed by atoms with Gasteiger partial charge in [0.2, 0.25) is 5.91 Å². The fourth-order valence-corrected chi connectivity index (χ4v) is 5.78. The van der Waals surface area contributed by atoms with Crippen molar-refractivity contribution in [3.05, 3.63) is 119 Å². The minimum absolute atomic E-state index is 0. The van der Waals surface area contributed by atoms with Gasteiger partial charge in [0.05, 0.1) is 6.42 Å². The topological polar surface area (TPSA) is 90.6 Å². The van der Waals surface area contributed by atoms with E-state index in [-0.39, 0.29) is 35.0 Å². The number of carbonyl (C=O) groups is 3. The van der Waals surface area contributed by atoms with Crippen LogP contribution < -0.4 is 26.9 Å². The van der Waals surface area contributed by atoms with Gasteiger partial charge in [-0.3, -0.25) is 14.5 Å². The number of thioether (sulfide) groups is 1. The Balaban J connectivity index is 0.00000336. The Hall–Kier alpha value is -3.69. The number of fused-ring (bicyclic) bond motifs is 1. The molecule has 0 spiro atoms. The summed E-state index contributed by atoms with van der Waals surface area (Å²) in [7, 11) is 0. The largest absolute Gasteiger partial charge is 1.00 e. The van der Waals surface area contributed by atoms with Gasteiger partial charge in [-0.1, -0.05) is 72.8 Å². The molecule has 5 rings (SSSR count). The lowest BCUT2D eigenvalue weighted by atomic mass is 10.0. The molecule has 7 nitrogen and oxygen atoms in total. The Morgan fingerprint density at radius 2 is 1.66 bits per heavy atom. The molecule has 0 saturated carbocycles. The van der Waals surface area contributed by atoms with E-state index in [1.165, 1.54) is 16.7 Å². The highest BCUT2D eigenvalue weighted by atomic mass is 79.9. The maximum absolute atomic E-state index is 12.9. The smallest absolute Gasteiger partial charge is 0.352 e. The fraction of sp³-hybridized carbons (Fsp3) is 0.172. The van der Waals surface area contributed by atoms with Crippen LogP contribution in [0, 0.1) is 0 Å². The Bertz CT molecular complexity index is 1380. The minimum Gasteiger partial charge on any atom is -1.00 e. The molecule has 1 saturated heterocycles. The average molecular weight is 593 g/mol. The molecule has 2 aromatic carbocycles. The Morgan fingerprint density at radius 3 is 2.34 bits per heavy atom. The van der Waals surface area contributed by atoms with E-state index in [1.807, 2.05) is 91.3 Å². The molecule has 0 radical (unpaired) electrons. The number of carboxylic acid groups (broad SMARTS) is 1. The van der Waals surface area contributed by atoms with Gasteiger partial charge in [-0.05, 0) is 16.7 Å². The first-order valence-electron chi connectivity index (χ1n) is 11.9. The number of allylic oxidation sites excluding steroid dienone is 1. The Labute approximate surface area is 235 Å². The summed E-state index contributed by atoms with van der Waals surface area (Å²) in [6, 6.07) is 22.6. The summed E-state index contributed by atoms with van der Waals surface area (Å²) in [5, 5.41) is 12.3. The highest BCUT2D eigenvalue weighted by Crippen LogP contribution is 2.40. The predicted molar refractivity (Wildman–Crippen MR) is 141 cm³/mol. The number of amides is 2. The third-order valence-electron chi connectivity index (χ3n) is 6.32. The molecule has 3 aromatic rings. The van der Waals surface area contributed by atoms with Gasteiger partial charge in [-0.25, -0.2) is 9.36 Å². The van der Waals surface area contributed by atoms with Gasteiger partial charge in [0, 0.05) is 23.4 Å². The summed E-state index contributed by atoms with van der Waals surface area (Å²) in [6.45, 7) is 0.761. The van der Waals surface area contributed by atoms with Gasteiger partial charge in [-0.15, -0.1) is 11.8 Å². The number of hydrogen-bond donors (Lipinski definition) is 2. The summed E-state index contributed by atoms with van der Waals surface area (Å²) in [5.41, 5.74) is 3.50. The number of hydrogen-bond acceptors (Lipinski definition) is 4. The second-order valence-electron chi connectivity index (χ2n) is 8.92. The zero-order chi connectivity index (χ0) is 25.8. The van der Waals surface area contributed by atoms with E-state index in [1.54, 1.807) is 6.08 Å². The van der Waals surface area contributed by atoms with Crippen molar-refractivity contribution in [2.24, 2.45) is 0 Å². The molecule has 2 unspecified atom stereocenters. The molecule has 2 N–H and O–H groups in total. The highest BCUT2D eigenvalue weighted by Gasteiger charge is 2.53. The van der Waals surface area contributed by atoms with Crippen LogP contribution >= 0.6 is 11.8 Å². The SMILES string of the molecule is O=C(Cc1ccccc1)NC1C(=O)N2C(C(=O)O)=C(/C=C/c3ccc(C[n+]4ccccc4)cc3)CSC12.[Br-]. The average Bonchev–Trinajstić information content (AvgIpc) is 2.92. The summed E-state index contributed by atoms with van der Waals surface area (Å²) >= 11 is 1.46. The maximum atomic E-state index is 12.9. The summed E-state index contributed by atoms with van der Waals surface area (Å²) in [6.07, 6.45) is 7.82. The number of aliphatic carboxylic acids is 1. The lowest BCUT2D eigenvalue weighted by Crippen LogP contribution is -3.00. The van der Waals surface area contributed by atoms with Crippen molar-refractivity contribution in [1.29, 1.82) is 0 Å². The molecule has 9 heteroatoms. The standard InChI is InChI=1S/C29H25N3O4S.BrH/c33-24(17-21-7-3-1-4-8-21)30-25-27(34)32-26(29(35)36)23(19-37-28(25)32)14-13-20-9-11-22(12-10-20)18-31-15-5-2-6-16-31;/h1-16,25,28H,17-19H2,(H-,30,33,35,36);1H/b14-13+;. The third-order valence-corrected chi connectivity index (χ3v) is 7.63. The Kier molecular flexibility index (Phi) is 8.81. The van der Waals surface area contributed by atoms with Crippen molar-refractivity contribution < 1.29 is 41.0 Å². The van der Waals surface area contributed by atoms with Crippen LogP contribution in [0.25, 0.3) is 6.08 Å². The molecule has 2 aliphatic heterocycles. The van der Waals surface area contributed by atoms with Crippen LogP contribution in [0.1, 0.15) is 16.7 Å². The molecule has 2 amide bonds. The molecule has 2 atom stereocenters. The van der Waals surface area contributed by atoms with Crippen LogP contribution in [-0.2, 0) is 27.3 Å². The third kappa shape index (κ3) is 6.06. The van der Waals surface area contributed by atoms with Gasteiger partial charge in [0.15, 0.2) is 18.9 Å². The van der Waals surface area contributed by atoms with Gasteiger partial charge >= 0.3 is 5.97 Å². The van der Waals surface area contributed by atoms with Crippen molar-refractivity contribution in [2.45, 2.75) is 24.4 Å².